The Balaban J connectivity index is 2.06. The maximum absolute atomic E-state index is 5.91. The van der Waals surface area contributed by atoms with Crippen LogP contribution in [-0.2, 0) is 0 Å². The van der Waals surface area contributed by atoms with Crippen molar-refractivity contribution < 1.29 is 4.52 Å². The van der Waals surface area contributed by atoms with Gasteiger partial charge in [-0.25, -0.2) is 0 Å². The van der Waals surface area contributed by atoms with Gasteiger partial charge >= 0.3 is 0 Å². The van der Waals surface area contributed by atoms with Crippen molar-refractivity contribution in [1.29, 1.82) is 0 Å². The van der Waals surface area contributed by atoms with Gasteiger partial charge in [-0.1, -0.05) is 24.1 Å². The molecule has 1 saturated carbocycles. The minimum absolute atomic E-state index is 0.468. The summed E-state index contributed by atoms with van der Waals surface area (Å²) in [4.78, 5) is 4.12. The fourth-order valence-electron chi connectivity index (χ4n) is 2.58. The molecule has 2 heterocycles. The molecule has 1 fully saturated rings. The Kier molecular flexibility index (Phi) is 2.55. The third-order valence-electron chi connectivity index (χ3n) is 3.42. The summed E-state index contributed by atoms with van der Waals surface area (Å²) >= 11 is 0. The number of nitrogens with two attached hydrogens (primary N) is 1. The SMILES string of the molecule is Nc1noc(C2CCCC2)c1-c1cccnc1. The smallest absolute Gasteiger partial charge is 0.175 e. The lowest BCUT2D eigenvalue weighted by Crippen LogP contribution is -1.95. The Morgan fingerprint density at radius 1 is 1.29 bits per heavy atom. The molecule has 0 bridgehead atoms. The van der Waals surface area contributed by atoms with Gasteiger partial charge in [-0.05, 0) is 18.9 Å². The van der Waals surface area contributed by atoms with E-state index < -0.39 is 0 Å². The Morgan fingerprint density at radius 2 is 2.12 bits per heavy atom. The fourth-order valence-corrected chi connectivity index (χ4v) is 2.58. The first-order valence-electron chi connectivity index (χ1n) is 6.01. The molecule has 2 aromatic rings. The molecule has 0 radical (unpaired) electrons. The van der Waals surface area contributed by atoms with Crippen molar-refractivity contribution in [2.75, 3.05) is 5.73 Å². The molecular formula is C13H15N3O. The molecule has 2 aromatic heterocycles. The van der Waals surface area contributed by atoms with Crippen LogP contribution in [0.5, 0.6) is 0 Å². The largest absolute Gasteiger partial charge is 0.380 e. The van der Waals surface area contributed by atoms with E-state index in [2.05, 4.69) is 10.1 Å². The average Bonchev–Trinajstić information content (AvgIpc) is 2.98. The van der Waals surface area contributed by atoms with Crippen LogP contribution in [0.4, 0.5) is 5.82 Å². The number of hydrogen-bond donors (Lipinski definition) is 1. The van der Waals surface area contributed by atoms with Crippen LogP contribution in [0.2, 0.25) is 0 Å². The lowest BCUT2D eigenvalue weighted by atomic mass is 9.97. The molecule has 4 nitrogen and oxygen atoms in total. The first kappa shape index (κ1) is 10.3. The number of hydrogen-bond acceptors (Lipinski definition) is 4. The number of nitrogens with zero attached hydrogens (tertiary/aromatic N) is 2. The number of anilines is 1. The number of pyridine rings is 1. The van der Waals surface area contributed by atoms with Gasteiger partial charge in [-0.2, -0.15) is 0 Å². The highest BCUT2D eigenvalue weighted by molar-refractivity contribution is 5.75. The fraction of sp³-hybridized carbons (Fsp3) is 0.385. The molecule has 1 aliphatic rings. The van der Waals surface area contributed by atoms with Crippen LogP contribution in [0.25, 0.3) is 11.1 Å². The van der Waals surface area contributed by atoms with Gasteiger partial charge in [0, 0.05) is 23.9 Å². The number of nitrogen functional groups attached to an aromatic ring is 1. The second-order valence-corrected chi connectivity index (χ2v) is 4.53. The quantitative estimate of drug-likeness (QED) is 0.859. The summed E-state index contributed by atoms with van der Waals surface area (Å²) in [7, 11) is 0. The van der Waals surface area contributed by atoms with E-state index in [0.29, 0.717) is 11.7 Å². The summed E-state index contributed by atoms with van der Waals surface area (Å²) in [5.41, 5.74) is 7.84. The second kappa shape index (κ2) is 4.20. The zero-order chi connectivity index (χ0) is 11.7. The van der Waals surface area contributed by atoms with Crippen molar-refractivity contribution >= 4 is 5.82 Å². The van der Waals surface area contributed by atoms with Gasteiger partial charge in [0.1, 0.15) is 5.76 Å². The van der Waals surface area contributed by atoms with E-state index in [-0.39, 0.29) is 0 Å². The molecule has 3 rings (SSSR count). The monoisotopic (exact) mass is 229 g/mol. The molecule has 2 N–H and O–H groups in total. The summed E-state index contributed by atoms with van der Waals surface area (Å²) < 4.78 is 5.43. The highest BCUT2D eigenvalue weighted by atomic mass is 16.5. The van der Waals surface area contributed by atoms with Crippen molar-refractivity contribution in [3.63, 3.8) is 0 Å². The van der Waals surface area contributed by atoms with Crippen molar-refractivity contribution in [3.05, 3.63) is 30.3 Å². The summed E-state index contributed by atoms with van der Waals surface area (Å²) in [5, 5.41) is 3.91. The normalized spacial score (nSPS) is 16.5. The molecule has 0 atom stereocenters. The number of rotatable bonds is 2. The van der Waals surface area contributed by atoms with Crippen molar-refractivity contribution in [2.45, 2.75) is 31.6 Å². The van der Waals surface area contributed by atoms with E-state index in [1.165, 1.54) is 25.7 Å². The van der Waals surface area contributed by atoms with Crippen molar-refractivity contribution in [1.82, 2.24) is 10.1 Å². The molecule has 17 heavy (non-hydrogen) atoms. The van der Waals surface area contributed by atoms with Gasteiger partial charge in [0.25, 0.3) is 0 Å². The summed E-state index contributed by atoms with van der Waals surface area (Å²) in [6.07, 6.45) is 8.42. The van der Waals surface area contributed by atoms with Crippen LogP contribution in [0.15, 0.2) is 29.0 Å². The molecule has 88 valence electrons. The lowest BCUT2D eigenvalue weighted by molar-refractivity contribution is 0.363. The topological polar surface area (TPSA) is 64.9 Å². The van der Waals surface area contributed by atoms with Gasteiger partial charge < -0.3 is 10.3 Å². The highest BCUT2D eigenvalue weighted by Gasteiger charge is 2.26. The van der Waals surface area contributed by atoms with Crippen LogP contribution in [0, 0.1) is 0 Å². The van der Waals surface area contributed by atoms with Gasteiger partial charge in [0.15, 0.2) is 5.82 Å². The molecular weight excluding hydrogens is 214 g/mol. The van der Waals surface area contributed by atoms with Gasteiger partial charge in [-0.3, -0.25) is 4.98 Å². The molecule has 0 unspecified atom stereocenters. The maximum atomic E-state index is 5.91. The predicted octanol–water partition coefficient (Wildman–Crippen LogP) is 2.98. The van der Waals surface area contributed by atoms with Crippen LogP contribution >= 0.6 is 0 Å². The van der Waals surface area contributed by atoms with Crippen molar-refractivity contribution in [2.24, 2.45) is 0 Å². The van der Waals surface area contributed by atoms with E-state index in [0.717, 1.165) is 16.9 Å². The molecule has 0 aliphatic heterocycles. The van der Waals surface area contributed by atoms with Gasteiger partial charge in [-0.15, -0.1) is 0 Å². The summed E-state index contributed by atoms with van der Waals surface area (Å²) in [6.45, 7) is 0. The average molecular weight is 229 g/mol. The minimum Gasteiger partial charge on any atom is -0.380 e. The standard InChI is InChI=1S/C13H15N3O/c14-13-11(10-6-3-7-15-8-10)12(17-16-13)9-4-1-2-5-9/h3,6-9H,1-2,4-5H2,(H2,14,16). The molecule has 0 aromatic carbocycles. The summed E-state index contributed by atoms with van der Waals surface area (Å²) in [6, 6.07) is 3.90. The zero-order valence-corrected chi connectivity index (χ0v) is 9.60. The van der Waals surface area contributed by atoms with E-state index in [1.807, 2.05) is 12.1 Å². The number of aromatic nitrogens is 2. The Labute approximate surface area is 99.8 Å². The lowest BCUT2D eigenvalue weighted by Gasteiger charge is -2.07. The van der Waals surface area contributed by atoms with E-state index in [9.17, 15) is 0 Å². The highest BCUT2D eigenvalue weighted by Crippen LogP contribution is 2.41. The minimum atomic E-state index is 0.468. The predicted molar refractivity (Wildman–Crippen MR) is 65.4 cm³/mol. The van der Waals surface area contributed by atoms with Crippen LogP contribution in [0.3, 0.4) is 0 Å². The molecule has 4 heteroatoms. The Morgan fingerprint density at radius 3 is 2.82 bits per heavy atom. The molecule has 0 saturated heterocycles. The van der Waals surface area contributed by atoms with E-state index in [1.54, 1.807) is 12.4 Å². The van der Waals surface area contributed by atoms with Crippen LogP contribution in [0.1, 0.15) is 37.4 Å². The van der Waals surface area contributed by atoms with Gasteiger partial charge in [0.2, 0.25) is 0 Å². The first-order valence-corrected chi connectivity index (χ1v) is 6.01. The van der Waals surface area contributed by atoms with Crippen LogP contribution in [-0.4, -0.2) is 10.1 Å². The third-order valence-corrected chi connectivity index (χ3v) is 3.42. The molecule has 0 spiro atoms. The Bertz CT molecular complexity index is 501. The first-order chi connectivity index (χ1) is 8.36. The van der Waals surface area contributed by atoms with E-state index in [4.69, 9.17) is 10.3 Å². The van der Waals surface area contributed by atoms with Crippen LogP contribution < -0.4 is 5.73 Å². The van der Waals surface area contributed by atoms with Gasteiger partial charge in [0.05, 0.1) is 5.56 Å². The summed E-state index contributed by atoms with van der Waals surface area (Å²) in [5.74, 6) is 1.88. The maximum Gasteiger partial charge on any atom is 0.175 e. The zero-order valence-electron chi connectivity index (χ0n) is 9.60. The molecule has 1 aliphatic carbocycles. The second-order valence-electron chi connectivity index (χ2n) is 4.53. The Hall–Kier alpha value is -1.84. The van der Waals surface area contributed by atoms with Crippen molar-refractivity contribution in [3.8, 4) is 11.1 Å². The third kappa shape index (κ3) is 1.79. The van der Waals surface area contributed by atoms with E-state index >= 15 is 0 Å². The molecule has 0 amide bonds.